The minimum absolute atomic E-state index is 0.349. The van der Waals surface area contributed by atoms with Crippen molar-refractivity contribution < 1.29 is 0 Å². The molecule has 3 N–H and O–H groups in total. The zero-order valence-electron chi connectivity index (χ0n) is 11.3. The molecule has 18 heavy (non-hydrogen) atoms. The molecule has 0 aromatic carbocycles. The Balaban J connectivity index is 2.09. The third kappa shape index (κ3) is 3.32. The fourth-order valence-corrected chi connectivity index (χ4v) is 2.19. The third-order valence-electron chi connectivity index (χ3n) is 3.24. The number of anilines is 2. The molecule has 1 aromatic rings. The summed E-state index contributed by atoms with van der Waals surface area (Å²) in [4.78, 5) is 11.2. The largest absolute Gasteiger partial charge is 0.370 e. The minimum Gasteiger partial charge on any atom is -0.370 e. The molecule has 2 rings (SSSR count). The summed E-state index contributed by atoms with van der Waals surface area (Å²) in [7, 11) is 0. The Hall–Kier alpha value is -1.36. The molecule has 1 aliphatic heterocycles. The van der Waals surface area contributed by atoms with Crippen molar-refractivity contribution in [3.8, 4) is 0 Å². The van der Waals surface area contributed by atoms with Crippen LogP contribution in [0.15, 0.2) is 6.07 Å². The summed E-state index contributed by atoms with van der Waals surface area (Å²) < 4.78 is 0. The standard InChI is InChI=1S/C13H23N5/c1-3-6-15-12-9-13(17-10(2)16-12)18-7-4-11(14)5-8-18/h9,11H,3-8,14H2,1-2H3,(H,15,16,17). The van der Waals surface area contributed by atoms with Gasteiger partial charge in [-0.2, -0.15) is 0 Å². The van der Waals surface area contributed by atoms with Gasteiger partial charge in [-0.15, -0.1) is 0 Å². The molecule has 1 aliphatic rings. The van der Waals surface area contributed by atoms with Gasteiger partial charge in [0, 0.05) is 31.7 Å². The van der Waals surface area contributed by atoms with E-state index in [1.165, 1.54) is 0 Å². The van der Waals surface area contributed by atoms with Crippen LogP contribution in [-0.4, -0.2) is 35.6 Å². The molecule has 0 saturated carbocycles. The van der Waals surface area contributed by atoms with Crippen LogP contribution in [0.1, 0.15) is 32.0 Å². The van der Waals surface area contributed by atoms with Crippen LogP contribution in [0, 0.1) is 6.92 Å². The maximum Gasteiger partial charge on any atom is 0.134 e. The van der Waals surface area contributed by atoms with Gasteiger partial charge in [-0.05, 0) is 26.2 Å². The molecule has 1 aromatic heterocycles. The highest BCUT2D eigenvalue weighted by atomic mass is 15.2. The Bertz CT molecular complexity index is 385. The van der Waals surface area contributed by atoms with E-state index in [1.54, 1.807) is 0 Å². The molecular weight excluding hydrogens is 226 g/mol. The summed E-state index contributed by atoms with van der Waals surface area (Å²) in [5, 5.41) is 3.32. The van der Waals surface area contributed by atoms with Crippen molar-refractivity contribution in [3.63, 3.8) is 0 Å². The Kier molecular flexibility index (Phi) is 4.36. The maximum atomic E-state index is 5.93. The zero-order chi connectivity index (χ0) is 13.0. The molecule has 0 radical (unpaired) electrons. The maximum absolute atomic E-state index is 5.93. The summed E-state index contributed by atoms with van der Waals surface area (Å²) in [5.41, 5.74) is 5.93. The lowest BCUT2D eigenvalue weighted by Crippen LogP contribution is -2.40. The molecule has 1 saturated heterocycles. The summed E-state index contributed by atoms with van der Waals surface area (Å²) in [5.74, 6) is 2.77. The lowest BCUT2D eigenvalue weighted by atomic mass is 10.1. The highest BCUT2D eigenvalue weighted by molar-refractivity contribution is 5.49. The van der Waals surface area contributed by atoms with Crippen LogP contribution in [0.3, 0.4) is 0 Å². The third-order valence-corrected chi connectivity index (χ3v) is 3.24. The fourth-order valence-electron chi connectivity index (χ4n) is 2.19. The van der Waals surface area contributed by atoms with Gasteiger partial charge in [-0.1, -0.05) is 6.92 Å². The molecule has 0 aliphatic carbocycles. The van der Waals surface area contributed by atoms with E-state index in [-0.39, 0.29) is 0 Å². The lowest BCUT2D eigenvalue weighted by molar-refractivity contribution is 0.498. The van der Waals surface area contributed by atoms with Gasteiger partial charge in [-0.25, -0.2) is 9.97 Å². The zero-order valence-corrected chi connectivity index (χ0v) is 11.3. The Labute approximate surface area is 109 Å². The highest BCUT2D eigenvalue weighted by Crippen LogP contribution is 2.20. The van der Waals surface area contributed by atoms with Crippen LogP contribution >= 0.6 is 0 Å². The van der Waals surface area contributed by atoms with Crippen LogP contribution in [0.4, 0.5) is 11.6 Å². The first-order chi connectivity index (χ1) is 8.69. The van der Waals surface area contributed by atoms with Crippen molar-refractivity contribution in [3.05, 3.63) is 11.9 Å². The summed E-state index contributed by atoms with van der Waals surface area (Å²) in [6.07, 6.45) is 3.18. The van der Waals surface area contributed by atoms with Crippen molar-refractivity contribution in [1.29, 1.82) is 0 Å². The quantitative estimate of drug-likeness (QED) is 0.847. The Morgan fingerprint density at radius 2 is 2.11 bits per heavy atom. The number of nitrogens with two attached hydrogens (primary N) is 1. The molecule has 0 bridgehead atoms. The Morgan fingerprint density at radius 3 is 2.78 bits per heavy atom. The van der Waals surface area contributed by atoms with Crippen molar-refractivity contribution >= 4 is 11.6 Å². The van der Waals surface area contributed by atoms with Gasteiger partial charge >= 0.3 is 0 Å². The number of piperidine rings is 1. The second-order valence-corrected chi connectivity index (χ2v) is 4.91. The van der Waals surface area contributed by atoms with E-state index in [4.69, 9.17) is 5.73 Å². The minimum atomic E-state index is 0.349. The SMILES string of the molecule is CCCNc1cc(N2CCC(N)CC2)nc(C)n1. The van der Waals surface area contributed by atoms with Gasteiger partial charge in [0.1, 0.15) is 17.5 Å². The summed E-state index contributed by atoms with van der Waals surface area (Å²) in [6.45, 7) is 7.01. The van der Waals surface area contributed by atoms with Gasteiger partial charge in [0.05, 0.1) is 0 Å². The monoisotopic (exact) mass is 249 g/mol. The number of aryl methyl sites for hydroxylation is 1. The van der Waals surface area contributed by atoms with E-state index in [0.717, 1.165) is 56.4 Å². The van der Waals surface area contributed by atoms with E-state index >= 15 is 0 Å². The predicted molar refractivity (Wildman–Crippen MR) is 75.0 cm³/mol. The molecule has 0 atom stereocenters. The van der Waals surface area contributed by atoms with Crippen molar-refractivity contribution in [1.82, 2.24) is 9.97 Å². The van der Waals surface area contributed by atoms with Crippen LogP contribution in [0.2, 0.25) is 0 Å². The lowest BCUT2D eigenvalue weighted by Gasteiger charge is -2.31. The van der Waals surface area contributed by atoms with E-state index in [2.05, 4.69) is 27.1 Å². The number of nitrogens with zero attached hydrogens (tertiary/aromatic N) is 3. The van der Waals surface area contributed by atoms with Gasteiger partial charge in [-0.3, -0.25) is 0 Å². The molecule has 5 heteroatoms. The smallest absolute Gasteiger partial charge is 0.134 e. The second kappa shape index (κ2) is 6.00. The average molecular weight is 249 g/mol. The normalized spacial score (nSPS) is 16.9. The molecule has 0 amide bonds. The topological polar surface area (TPSA) is 67.1 Å². The van der Waals surface area contributed by atoms with Gasteiger partial charge in [0.15, 0.2) is 0 Å². The van der Waals surface area contributed by atoms with Crippen LogP contribution in [-0.2, 0) is 0 Å². The molecule has 1 fully saturated rings. The molecule has 5 nitrogen and oxygen atoms in total. The predicted octanol–water partition coefficient (Wildman–Crippen LogP) is 1.53. The number of nitrogens with one attached hydrogen (secondary N) is 1. The van der Waals surface area contributed by atoms with Crippen molar-refractivity contribution in [2.45, 2.75) is 39.2 Å². The highest BCUT2D eigenvalue weighted by Gasteiger charge is 2.18. The van der Waals surface area contributed by atoms with Crippen LogP contribution in [0.5, 0.6) is 0 Å². The average Bonchev–Trinajstić information content (AvgIpc) is 2.36. The van der Waals surface area contributed by atoms with E-state index in [0.29, 0.717) is 6.04 Å². The molecule has 100 valence electrons. The van der Waals surface area contributed by atoms with Gasteiger partial charge in [0.25, 0.3) is 0 Å². The van der Waals surface area contributed by atoms with Crippen LogP contribution in [0.25, 0.3) is 0 Å². The Morgan fingerprint density at radius 1 is 1.39 bits per heavy atom. The second-order valence-electron chi connectivity index (χ2n) is 4.91. The summed E-state index contributed by atoms with van der Waals surface area (Å²) in [6, 6.07) is 2.39. The number of aromatic nitrogens is 2. The molecular formula is C13H23N5. The van der Waals surface area contributed by atoms with Crippen molar-refractivity contribution in [2.24, 2.45) is 5.73 Å². The van der Waals surface area contributed by atoms with Gasteiger partial charge < -0.3 is 16.0 Å². The van der Waals surface area contributed by atoms with Crippen LogP contribution < -0.4 is 16.0 Å². The number of hydrogen-bond acceptors (Lipinski definition) is 5. The molecule has 0 unspecified atom stereocenters. The first-order valence-electron chi connectivity index (χ1n) is 6.79. The molecule has 2 heterocycles. The fraction of sp³-hybridized carbons (Fsp3) is 0.692. The first-order valence-corrected chi connectivity index (χ1v) is 6.79. The van der Waals surface area contributed by atoms with E-state index in [1.807, 2.05) is 13.0 Å². The van der Waals surface area contributed by atoms with Crippen molar-refractivity contribution in [2.75, 3.05) is 29.9 Å². The number of hydrogen-bond donors (Lipinski definition) is 2. The summed E-state index contributed by atoms with van der Waals surface area (Å²) >= 11 is 0. The number of rotatable bonds is 4. The van der Waals surface area contributed by atoms with E-state index in [9.17, 15) is 0 Å². The molecule has 0 spiro atoms. The van der Waals surface area contributed by atoms with Gasteiger partial charge in [0.2, 0.25) is 0 Å². The first kappa shape index (κ1) is 13.1. The van der Waals surface area contributed by atoms with E-state index < -0.39 is 0 Å².